The second-order valence-corrected chi connectivity index (χ2v) is 4.62. The minimum absolute atomic E-state index is 0.658. The predicted octanol–water partition coefficient (Wildman–Crippen LogP) is 1.53. The van der Waals surface area contributed by atoms with Gasteiger partial charge in [0.2, 0.25) is 0 Å². The highest BCUT2D eigenvalue weighted by Gasteiger charge is 2.17. The maximum absolute atomic E-state index is 6.05. The number of rotatable bonds is 2. The van der Waals surface area contributed by atoms with Crippen LogP contribution < -0.4 is 5.32 Å². The molecule has 2 aromatic heterocycles. The molecule has 1 aliphatic rings. The highest BCUT2D eigenvalue weighted by Crippen LogP contribution is 2.17. The first-order valence-corrected chi connectivity index (χ1v) is 5.91. The molecule has 1 aliphatic heterocycles. The van der Waals surface area contributed by atoms with Crippen LogP contribution in [0.3, 0.4) is 0 Å². The van der Waals surface area contributed by atoms with Crippen LogP contribution in [0.5, 0.6) is 0 Å². The number of fused-ring (bicyclic) bond motifs is 1. The van der Waals surface area contributed by atoms with Gasteiger partial charge in [-0.3, -0.25) is 0 Å². The topological polar surface area (TPSA) is 42.2 Å². The molecule has 1 N–H and O–H groups in total. The smallest absolute Gasteiger partial charge is 0.174 e. The quantitative estimate of drug-likeness (QED) is 0.860. The van der Waals surface area contributed by atoms with Gasteiger partial charge < -0.3 is 5.32 Å². The lowest BCUT2D eigenvalue weighted by atomic mass is 10.1. The third-order valence-electron chi connectivity index (χ3n) is 2.99. The molecule has 0 aromatic carbocycles. The molecule has 16 heavy (non-hydrogen) atoms. The first-order chi connectivity index (χ1) is 7.83. The van der Waals surface area contributed by atoms with Gasteiger partial charge >= 0.3 is 0 Å². The minimum atomic E-state index is 0.658. The molecule has 1 fully saturated rings. The van der Waals surface area contributed by atoms with E-state index in [1.165, 1.54) is 6.42 Å². The molecule has 1 unspecified atom stereocenters. The van der Waals surface area contributed by atoms with E-state index in [0.717, 1.165) is 31.0 Å². The standard InChI is InChI=1S/C11H13ClN4/c12-9-2-1-5-16-11(9)14-10(15-16)6-8-3-4-13-7-8/h1-2,5,8,13H,3-4,6-7H2. The zero-order chi connectivity index (χ0) is 11.0. The molecule has 2 aromatic rings. The molecule has 4 nitrogen and oxygen atoms in total. The summed E-state index contributed by atoms with van der Waals surface area (Å²) < 4.78 is 1.75. The fourth-order valence-electron chi connectivity index (χ4n) is 2.15. The molecule has 0 amide bonds. The molecule has 3 heterocycles. The number of nitrogens with one attached hydrogen (secondary N) is 1. The number of nitrogens with zero attached hydrogens (tertiary/aromatic N) is 3. The second-order valence-electron chi connectivity index (χ2n) is 4.22. The highest BCUT2D eigenvalue weighted by atomic mass is 35.5. The van der Waals surface area contributed by atoms with Gasteiger partial charge in [-0.05, 0) is 37.6 Å². The Labute approximate surface area is 98.6 Å². The maximum Gasteiger partial charge on any atom is 0.174 e. The highest BCUT2D eigenvalue weighted by molar-refractivity contribution is 6.33. The van der Waals surface area contributed by atoms with Crippen LogP contribution in [0.4, 0.5) is 0 Å². The Morgan fingerprint density at radius 2 is 2.50 bits per heavy atom. The number of aromatic nitrogens is 3. The summed E-state index contributed by atoms with van der Waals surface area (Å²) in [5.74, 6) is 1.55. The van der Waals surface area contributed by atoms with Gasteiger partial charge in [0.25, 0.3) is 0 Å². The third-order valence-corrected chi connectivity index (χ3v) is 3.29. The van der Waals surface area contributed by atoms with Crippen LogP contribution in [-0.2, 0) is 6.42 Å². The molecule has 0 bridgehead atoms. The molecule has 5 heteroatoms. The minimum Gasteiger partial charge on any atom is -0.316 e. The van der Waals surface area contributed by atoms with Crippen molar-refractivity contribution in [3.63, 3.8) is 0 Å². The molecule has 0 saturated carbocycles. The zero-order valence-corrected chi connectivity index (χ0v) is 9.61. The van der Waals surface area contributed by atoms with Crippen molar-refractivity contribution in [2.75, 3.05) is 13.1 Å². The summed E-state index contributed by atoms with van der Waals surface area (Å²) in [4.78, 5) is 4.47. The first kappa shape index (κ1) is 10.1. The molecule has 3 rings (SSSR count). The van der Waals surface area contributed by atoms with Crippen LogP contribution in [0.25, 0.3) is 5.65 Å². The Bertz CT molecular complexity index is 502. The number of pyridine rings is 1. The molecular formula is C11H13ClN4. The average molecular weight is 237 g/mol. The van der Waals surface area contributed by atoms with Gasteiger partial charge in [-0.2, -0.15) is 5.10 Å². The molecule has 1 saturated heterocycles. The lowest BCUT2D eigenvalue weighted by Gasteiger charge is -2.02. The van der Waals surface area contributed by atoms with Crippen molar-refractivity contribution < 1.29 is 0 Å². The molecular weight excluding hydrogens is 224 g/mol. The van der Waals surface area contributed by atoms with E-state index in [1.54, 1.807) is 4.52 Å². The van der Waals surface area contributed by atoms with Crippen molar-refractivity contribution in [3.05, 3.63) is 29.2 Å². The lowest BCUT2D eigenvalue weighted by molar-refractivity contribution is 0.561. The Morgan fingerprint density at radius 1 is 1.56 bits per heavy atom. The average Bonchev–Trinajstić information content (AvgIpc) is 2.88. The monoisotopic (exact) mass is 236 g/mol. The molecule has 0 aliphatic carbocycles. The number of hydrogen-bond acceptors (Lipinski definition) is 3. The van der Waals surface area contributed by atoms with Crippen molar-refractivity contribution in [1.82, 2.24) is 19.9 Å². The summed E-state index contributed by atoms with van der Waals surface area (Å²) in [6.07, 6.45) is 4.03. The van der Waals surface area contributed by atoms with Crippen LogP contribution in [0, 0.1) is 5.92 Å². The van der Waals surface area contributed by atoms with Crippen molar-refractivity contribution in [3.8, 4) is 0 Å². The Kier molecular flexibility index (Phi) is 2.53. The van der Waals surface area contributed by atoms with Crippen LogP contribution in [0.15, 0.2) is 18.3 Å². The van der Waals surface area contributed by atoms with Crippen LogP contribution in [0.1, 0.15) is 12.2 Å². The van der Waals surface area contributed by atoms with Gasteiger partial charge in [-0.1, -0.05) is 11.6 Å². The molecule has 0 radical (unpaired) electrons. The first-order valence-electron chi connectivity index (χ1n) is 5.53. The van der Waals surface area contributed by atoms with Crippen molar-refractivity contribution >= 4 is 17.2 Å². The van der Waals surface area contributed by atoms with Crippen molar-refractivity contribution in [1.29, 1.82) is 0 Å². The van der Waals surface area contributed by atoms with E-state index in [9.17, 15) is 0 Å². The Morgan fingerprint density at radius 3 is 3.25 bits per heavy atom. The van der Waals surface area contributed by atoms with E-state index < -0.39 is 0 Å². The Balaban J connectivity index is 1.90. The normalized spacial score (nSPS) is 20.7. The van der Waals surface area contributed by atoms with E-state index in [4.69, 9.17) is 11.6 Å². The van der Waals surface area contributed by atoms with E-state index in [2.05, 4.69) is 15.4 Å². The summed E-state index contributed by atoms with van der Waals surface area (Å²) in [7, 11) is 0. The van der Waals surface area contributed by atoms with E-state index >= 15 is 0 Å². The summed E-state index contributed by atoms with van der Waals surface area (Å²) in [5, 5.41) is 8.44. The molecule has 1 atom stereocenters. The number of halogens is 1. The van der Waals surface area contributed by atoms with E-state index in [0.29, 0.717) is 10.9 Å². The summed E-state index contributed by atoms with van der Waals surface area (Å²) in [5.41, 5.74) is 0.755. The maximum atomic E-state index is 6.05. The van der Waals surface area contributed by atoms with Gasteiger partial charge in [0.15, 0.2) is 11.5 Å². The SMILES string of the molecule is Clc1cccn2nc(CC3CCNC3)nc12. The van der Waals surface area contributed by atoms with Crippen LogP contribution in [0.2, 0.25) is 5.02 Å². The zero-order valence-electron chi connectivity index (χ0n) is 8.86. The summed E-state index contributed by atoms with van der Waals surface area (Å²) in [6.45, 7) is 2.18. The lowest BCUT2D eigenvalue weighted by Crippen LogP contribution is -2.11. The third kappa shape index (κ3) is 1.79. The van der Waals surface area contributed by atoms with Crippen LogP contribution in [-0.4, -0.2) is 27.7 Å². The number of hydrogen-bond donors (Lipinski definition) is 1. The Hall–Kier alpha value is -1.13. The molecule has 0 spiro atoms. The molecule has 84 valence electrons. The van der Waals surface area contributed by atoms with Gasteiger partial charge in [0, 0.05) is 12.6 Å². The summed E-state index contributed by atoms with van der Waals surface area (Å²) in [6, 6.07) is 3.72. The van der Waals surface area contributed by atoms with Gasteiger partial charge in [0.05, 0.1) is 5.02 Å². The van der Waals surface area contributed by atoms with Crippen molar-refractivity contribution in [2.24, 2.45) is 5.92 Å². The fraction of sp³-hybridized carbons (Fsp3) is 0.455. The van der Waals surface area contributed by atoms with Crippen LogP contribution >= 0.6 is 11.6 Å². The van der Waals surface area contributed by atoms with Gasteiger partial charge in [-0.25, -0.2) is 9.50 Å². The van der Waals surface area contributed by atoms with Crippen molar-refractivity contribution in [2.45, 2.75) is 12.8 Å². The fourth-order valence-corrected chi connectivity index (χ4v) is 2.35. The largest absolute Gasteiger partial charge is 0.316 e. The van der Waals surface area contributed by atoms with E-state index in [-0.39, 0.29) is 0 Å². The van der Waals surface area contributed by atoms with Gasteiger partial charge in [0.1, 0.15) is 0 Å². The summed E-state index contributed by atoms with van der Waals surface area (Å²) >= 11 is 6.05. The van der Waals surface area contributed by atoms with E-state index in [1.807, 2.05) is 18.3 Å². The predicted molar refractivity (Wildman–Crippen MR) is 62.7 cm³/mol. The van der Waals surface area contributed by atoms with Gasteiger partial charge in [-0.15, -0.1) is 0 Å². The second kappa shape index (κ2) is 4.03.